The number of methoxy groups -OCH3 is 2. The molecule has 0 aliphatic heterocycles. The van der Waals surface area contributed by atoms with Crippen molar-refractivity contribution < 1.29 is 14.3 Å². The largest absolute Gasteiger partial charge is 0.496 e. The summed E-state index contributed by atoms with van der Waals surface area (Å²) in [4.78, 5) is 11.0. The first kappa shape index (κ1) is 13.0. The van der Waals surface area contributed by atoms with Gasteiger partial charge in [0.05, 0.1) is 14.2 Å². The molecule has 16 heavy (non-hydrogen) atoms. The lowest BCUT2D eigenvalue weighted by Gasteiger charge is -2.13. The molecule has 0 radical (unpaired) electrons. The molecule has 0 N–H and O–H groups in total. The lowest BCUT2D eigenvalue weighted by atomic mass is 10.1. The molecule has 0 aromatic heterocycles. The SMILES string of the molecule is COc1cc(Br)cc(OC)c1CCC(C)=O. The minimum atomic E-state index is 0.159. The van der Waals surface area contributed by atoms with Gasteiger partial charge in [0.15, 0.2) is 0 Å². The van der Waals surface area contributed by atoms with Crippen LogP contribution in [0.25, 0.3) is 0 Å². The zero-order valence-electron chi connectivity index (χ0n) is 9.67. The third-order valence-corrected chi connectivity index (χ3v) is 2.76. The van der Waals surface area contributed by atoms with E-state index < -0.39 is 0 Å². The van der Waals surface area contributed by atoms with Gasteiger partial charge in [-0.05, 0) is 25.5 Å². The Labute approximate surface area is 104 Å². The number of Topliss-reactive ketones (excluding diaryl/α,β-unsaturated/α-hetero) is 1. The molecule has 1 aromatic carbocycles. The molecule has 0 saturated heterocycles. The van der Waals surface area contributed by atoms with Crippen LogP contribution < -0.4 is 9.47 Å². The van der Waals surface area contributed by atoms with Crippen molar-refractivity contribution in [3.8, 4) is 11.5 Å². The summed E-state index contributed by atoms with van der Waals surface area (Å²) < 4.78 is 11.5. The second-order valence-corrected chi connectivity index (χ2v) is 4.41. The van der Waals surface area contributed by atoms with Gasteiger partial charge in [-0.2, -0.15) is 0 Å². The highest BCUT2D eigenvalue weighted by Crippen LogP contribution is 2.33. The number of hydrogen-bond acceptors (Lipinski definition) is 3. The molecule has 0 atom stereocenters. The van der Waals surface area contributed by atoms with Crippen molar-refractivity contribution in [3.63, 3.8) is 0 Å². The monoisotopic (exact) mass is 286 g/mol. The number of ether oxygens (including phenoxy) is 2. The van der Waals surface area contributed by atoms with Gasteiger partial charge in [0, 0.05) is 16.5 Å². The maximum atomic E-state index is 11.0. The summed E-state index contributed by atoms with van der Waals surface area (Å²) in [5.74, 6) is 1.65. The van der Waals surface area contributed by atoms with E-state index in [2.05, 4.69) is 15.9 Å². The van der Waals surface area contributed by atoms with Crippen LogP contribution in [0.3, 0.4) is 0 Å². The Balaban J connectivity index is 3.06. The molecular formula is C12H15BrO3. The number of hydrogen-bond donors (Lipinski definition) is 0. The topological polar surface area (TPSA) is 35.5 Å². The van der Waals surface area contributed by atoms with Crippen LogP contribution in [0.5, 0.6) is 11.5 Å². The number of carbonyl (C=O) groups excluding carboxylic acids is 1. The second kappa shape index (κ2) is 5.89. The smallest absolute Gasteiger partial charge is 0.130 e. The molecule has 1 aromatic rings. The van der Waals surface area contributed by atoms with Crippen LogP contribution in [-0.2, 0) is 11.2 Å². The van der Waals surface area contributed by atoms with Gasteiger partial charge in [-0.1, -0.05) is 15.9 Å². The number of carbonyl (C=O) groups is 1. The van der Waals surface area contributed by atoms with E-state index in [-0.39, 0.29) is 5.78 Å². The third-order valence-electron chi connectivity index (χ3n) is 2.30. The summed E-state index contributed by atoms with van der Waals surface area (Å²) in [6.45, 7) is 1.58. The van der Waals surface area contributed by atoms with E-state index in [0.717, 1.165) is 21.5 Å². The van der Waals surface area contributed by atoms with Crippen LogP contribution in [0, 0.1) is 0 Å². The molecule has 0 fully saturated rings. The average molecular weight is 287 g/mol. The zero-order valence-corrected chi connectivity index (χ0v) is 11.3. The van der Waals surface area contributed by atoms with Gasteiger partial charge in [-0.3, -0.25) is 0 Å². The van der Waals surface area contributed by atoms with Crippen molar-refractivity contribution in [2.45, 2.75) is 19.8 Å². The van der Waals surface area contributed by atoms with Crippen molar-refractivity contribution in [2.24, 2.45) is 0 Å². The second-order valence-electron chi connectivity index (χ2n) is 3.49. The van der Waals surface area contributed by atoms with E-state index in [1.54, 1.807) is 21.1 Å². The molecule has 0 aliphatic carbocycles. The molecule has 0 bridgehead atoms. The van der Waals surface area contributed by atoms with Crippen LogP contribution in [0.15, 0.2) is 16.6 Å². The van der Waals surface area contributed by atoms with Crippen molar-refractivity contribution in [1.29, 1.82) is 0 Å². The molecule has 0 spiro atoms. The Morgan fingerprint density at radius 1 is 1.25 bits per heavy atom. The van der Waals surface area contributed by atoms with Gasteiger partial charge in [-0.25, -0.2) is 0 Å². The maximum absolute atomic E-state index is 11.0. The van der Waals surface area contributed by atoms with Gasteiger partial charge in [-0.15, -0.1) is 0 Å². The normalized spacial score (nSPS) is 10.0. The fourth-order valence-corrected chi connectivity index (χ4v) is 1.92. The summed E-state index contributed by atoms with van der Waals surface area (Å²) in [6, 6.07) is 3.75. The Morgan fingerprint density at radius 3 is 2.12 bits per heavy atom. The van der Waals surface area contributed by atoms with E-state index in [1.165, 1.54) is 0 Å². The van der Waals surface area contributed by atoms with Gasteiger partial charge < -0.3 is 14.3 Å². The minimum absolute atomic E-state index is 0.159. The van der Waals surface area contributed by atoms with Crippen molar-refractivity contribution in [2.75, 3.05) is 14.2 Å². The summed E-state index contributed by atoms with van der Waals surface area (Å²) in [7, 11) is 3.22. The standard InChI is InChI=1S/C12H15BrO3/c1-8(14)4-5-10-11(15-2)6-9(13)7-12(10)16-3/h6-7H,4-5H2,1-3H3. The summed E-state index contributed by atoms with van der Waals surface area (Å²) in [6.07, 6.45) is 1.13. The molecule has 3 nitrogen and oxygen atoms in total. The van der Waals surface area contributed by atoms with Gasteiger partial charge in [0.25, 0.3) is 0 Å². The van der Waals surface area contributed by atoms with Crippen LogP contribution in [0.1, 0.15) is 18.9 Å². The summed E-state index contributed by atoms with van der Waals surface area (Å²) in [5.41, 5.74) is 0.934. The fraction of sp³-hybridized carbons (Fsp3) is 0.417. The van der Waals surface area contributed by atoms with Crippen LogP contribution in [0.2, 0.25) is 0 Å². The van der Waals surface area contributed by atoms with Gasteiger partial charge in [0.1, 0.15) is 17.3 Å². The maximum Gasteiger partial charge on any atom is 0.130 e. The summed E-state index contributed by atoms with van der Waals surface area (Å²) in [5, 5.41) is 0. The predicted molar refractivity (Wildman–Crippen MR) is 66.2 cm³/mol. The lowest BCUT2D eigenvalue weighted by Crippen LogP contribution is -2.00. The fourth-order valence-electron chi connectivity index (χ4n) is 1.50. The van der Waals surface area contributed by atoms with Crippen molar-refractivity contribution >= 4 is 21.7 Å². The quantitative estimate of drug-likeness (QED) is 0.835. The van der Waals surface area contributed by atoms with Crippen LogP contribution in [-0.4, -0.2) is 20.0 Å². The van der Waals surface area contributed by atoms with Crippen LogP contribution in [0.4, 0.5) is 0 Å². The Kier molecular flexibility index (Phi) is 4.80. The highest BCUT2D eigenvalue weighted by atomic mass is 79.9. The molecule has 0 amide bonds. The van der Waals surface area contributed by atoms with E-state index in [0.29, 0.717) is 12.8 Å². The Bertz CT molecular complexity index is 363. The molecule has 88 valence electrons. The Hall–Kier alpha value is -1.03. The average Bonchev–Trinajstić information content (AvgIpc) is 2.25. The lowest BCUT2D eigenvalue weighted by molar-refractivity contribution is -0.116. The molecule has 0 heterocycles. The van der Waals surface area contributed by atoms with Crippen molar-refractivity contribution in [3.05, 3.63) is 22.2 Å². The van der Waals surface area contributed by atoms with Gasteiger partial charge in [0.2, 0.25) is 0 Å². The summed E-state index contributed by atoms with van der Waals surface area (Å²) >= 11 is 3.38. The van der Waals surface area contributed by atoms with Crippen LogP contribution >= 0.6 is 15.9 Å². The minimum Gasteiger partial charge on any atom is -0.496 e. The third kappa shape index (κ3) is 3.23. The number of rotatable bonds is 5. The zero-order chi connectivity index (χ0) is 12.1. The van der Waals surface area contributed by atoms with E-state index in [9.17, 15) is 4.79 Å². The molecule has 0 saturated carbocycles. The molecule has 4 heteroatoms. The number of benzene rings is 1. The first-order valence-corrected chi connectivity index (χ1v) is 5.77. The van der Waals surface area contributed by atoms with E-state index in [4.69, 9.17) is 9.47 Å². The first-order valence-electron chi connectivity index (χ1n) is 4.98. The van der Waals surface area contributed by atoms with E-state index >= 15 is 0 Å². The Morgan fingerprint density at radius 2 is 1.75 bits per heavy atom. The molecular weight excluding hydrogens is 272 g/mol. The molecule has 0 aliphatic rings. The molecule has 0 unspecified atom stereocenters. The first-order chi connectivity index (χ1) is 7.58. The highest BCUT2D eigenvalue weighted by molar-refractivity contribution is 9.10. The molecule has 1 rings (SSSR count). The number of halogens is 1. The predicted octanol–water partition coefficient (Wildman–Crippen LogP) is 2.99. The highest BCUT2D eigenvalue weighted by Gasteiger charge is 2.12. The van der Waals surface area contributed by atoms with Gasteiger partial charge >= 0.3 is 0 Å². The number of ketones is 1. The van der Waals surface area contributed by atoms with Crippen molar-refractivity contribution in [1.82, 2.24) is 0 Å². The van der Waals surface area contributed by atoms with E-state index in [1.807, 2.05) is 12.1 Å².